The van der Waals surface area contributed by atoms with Gasteiger partial charge in [0.25, 0.3) is 0 Å². The maximum Gasteiger partial charge on any atom is 0.243 e. The molecular formula is C26H36N4O3S. The molecule has 34 heavy (non-hydrogen) atoms. The van der Waals surface area contributed by atoms with Crippen molar-refractivity contribution in [2.24, 2.45) is 0 Å². The van der Waals surface area contributed by atoms with Crippen molar-refractivity contribution in [1.29, 1.82) is 0 Å². The van der Waals surface area contributed by atoms with Crippen LogP contribution in [0.15, 0.2) is 41.3 Å². The van der Waals surface area contributed by atoms with Gasteiger partial charge in [0.2, 0.25) is 15.9 Å². The fraction of sp³-hybridized carbons (Fsp3) is 0.462. The molecule has 1 amide bonds. The third kappa shape index (κ3) is 5.33. The van der Waals surface area contributed by atoms with Crippen molar-refractivity contribution >= 4 is 27.0 Å². The van der Waals surface area contributed by atoms with Crippen LogP contribution in [0.4, 0.5) is 0 Å². The third-order valence-corrected chi connectivity index (χ3v) is 8.36. The zero-order valence-electron chi connectivity index (χ0n) is 21.1. The van der Waals surface area contributed by atoms with Crippen LogP contribution in [0.5, 0.6) is 0 Å². The predicted octanol–water partition coefficient (Wildman–Crippen LogP) is 4.51. The van der Waals surface area contributed by atoms with E-state index in [0.29, 0.717) is 38.0 Å². The molecule has 7 nitrogen and oxygen atoms in total. The largest absolute Gasteiger partial charge is 0.350 e. The van der Waals surface area contributed by atoms with Gasteiger partial charge in [-0.2, -0.15) is 4.31 Å². The lowest BCUT2D eigenvalue weighted by Crippen LogP contribution is -2.30. The zero-order chi connectivity index (χ0) is 25.0. The van der Waals surface area contributed by atoms with Crippen LogP contribution >= 0.6 is 0 Å². The van der Waals surface area contributed by atoms with Crippen LogP contribution < -0.4 is 5.32 Å². The van der Waals surface area contributed by atoms with Crippen LogP contribution in [0.3, 0.4) is 0 Å². The highest BCUT2D eigenvalue weighted by molar-refractivity contribution is 7.89. The average molecular weight is 485 g/mol. The second kappa shape index (κ2) is 10.7. The fourth-order valence-corrected chi connectivity index (χ4v) is 5.90. The van der Waals surface area contributed by atoms with Crippen molar-refractivity contribution in [3.8, 4) is 0 Å². The summed E-state index contributed by atoms with van der Waals surface area (Å²) in [4.78, 5) is 17.7. The van der Waals surface area contributed by atoms with Gasteiger partial charge in [0.1, 0.15) is 5.82 Å². The summed E-state index contributed by atoms with van der Waals surface area (Å²) >= 11 is 0. The van der Waals surface area contributed by atoms with E-state index in [0.717, 1.165) is 22.5 Å². The van der Waals surface area contributed by atoms with Gasteiger partial charge in [-0.25, -0.2) is 13.4 Å². The molecule has 1 N–H and O–H groups in total. The molecule has 0 aliphatic carbocycles. The first-order valence-corrected chi connectivity index (χ1v) is 13.4. The highest BCUT2D eigenvalue weighted by atomic mass is 32.2. The Bertz CT molecular complexity index is 1280. The summed E-state index contributed by atoms with van der Waals surface area (Å²) in [5.41, 5.74) is 4.95. The lowest BCUT2D eigenvalue weighted by Gasteiger charge is -2.18. The molecule has 0 spiro atoms. The molecule has 0 aliphatic heterocycles. The van der Waals surface area contributed by atoms with E-state index in [9.17, 15) is 13.2 Å². The standard InChI is InChI=1S/C26H36N4O3S/c1-7-29(8-2)34(32,33)21-12-13-24-23(17-21)28-25(30(24)9-3)14-15-26(31)27-20(6)22-16-18(4)10-11-19(22)5/h10-13,16-17,20H,7-9,14-15H2,1-6H3,(H,27,31). The molecule has 1 heterocycles. The number of carbonyl (C=O) groups excluding carboxylic acids is 1. The Morgan fingerprint density at radius 3 is 2.44 bits per heavy atom. The van der Waals surface area contributed by atoms with Gasteiger partial charge in [-0.1, -0.05) is 37.6 Å². The lowest BCUT2D eigenvalue weighted by atomic mass is 10.00. The molecular weight excluding hydrogens is 448 g/mol. The molecule has 8 heteroatoms. The molecule has 1 unspecified atom stereocenters. The van der Waals surface area contributed by atoms with Gasteiger partial charge < -0.3 is 9.88 Å². The van der Waals surface area contributed by atoms with Crippen LogP contribution in [-0.4, -0.2) is 41.3 Å². The van der Waals surface area contributed by atoms with E-state index in [4.69, 9.17) is 4.98 Å². The highest BCUT2D eigenvalue weighted by Gasteiger charge is 2.23. The van der Waals surface area contributed by atoms with Gasteiger partial charge in [0, 0.05) is 32.5 Å². The van der Waals surface area contributed by atoms with Gasteiger partial charge >= 0.3 is 0 Å². The minimum Gasteiger partial charge on any atom is -0.350 e. The second-order valence-corrected chi connectivity index (χ2v) is 10.6. The smallest absolute Gasteiger partial charge is 0.243 e. The number of fused-ring (bicyclic) bond motifs is 1. The number of amides is 1. The molecule has 3 aromatic rings. The van der Waals surface area contributed by atoms with Crippen molar-refractivity contribution in [2.45, 2.75) is 71.9 Å². The first-order valence-electron chi connectivity index (χ1n) is 12.0. The van der Waals surface area contributed by atoms with Crippen molar-refractivity contribution in [2.75, 3.05) is 13.1 Å². The lowest BCUT2D eigenvalue weighted by molar-refractivity contribution is -0.121. The molecule has 0 radical (unpaired) electrons. The van der Waals surface area contributed by atoms with E-state index < -0.39 is 10.0 Å². The number of rotatable bonds is 10. The summed E-state index contributed by atoms with van der Waals surface area (Å²) < 4.78 is 29.3. The molecule has 1 atom stereocenters. The summed E-state index contributed by atoms with van der Waals surface area (Å²) in [7, 11) is -3.56. The van der Waals surface area contributed by atoms with Crippen LogP contribution in [0.2, 0.25) is 0 Å². The van der Waals surface area contributed by atoms with Crippen molar-refractivity contribution < 1.29 is 13.2 Å². The Labute approximate surface area is 203 Å². The number of benzene rings is 2. The number of carbonyl (C=O) groups is 1. The summed E-state index contributed by atoms with van der Waals surface area (Å²) in [6.45, 7) is 13.3. The normalized spacial score (nSPS) is 12.9. The van der Waals surface area contributed by atoms with Crippen molar-refractivity contribution in [1.82, 2.24) is 19.2 Å². The van der Waals surface area contributed by atoms with Gasteiger partial charge in [0.05, 0.1) is 22.0 Å². The average Bonchev–Trinajstić information content (AvgIpc) is 3.16. The Morgan fingerprint density at radius 1 is 1.09 bits per heavy atom. The van der Waals surface area contributed by atoms with E-state index in [1.165, 1.54) is 9.87 Å². The summed E-state index contributed by atoms with van der Waals surface area (Å²) in [5, 5.41) is 3.10. The molecule has 184 valence electrons. The molecule has 0 bridgehead atoms. The number of nitrogens with one attached hydrogen (secondary N) is 1. The SMILES string of the molecule is CCN(CC)S(=O)(=O)c1ccc2c(c1)nc(CCC(=O)NC(C)c1cc(C)ccc1C)n2CC. The molecule has 1 aromatic heterocycles. The van der Waals surface area contributed by atoms with Gasteiger partial charge in [-0.3, -0.25) is 4.79 Å². The Balaban J connectivity index is 1.78. The Hall–Kier alpha value is -2.71. The Morgan fingerprint density at radius 2 is 1.79 bits per heavy atom. The number of imidazole rings is 1. The number of aryl methyl sites for hydroxylation is 4. The van der Waals surface area contributed by atoms with E-state index >= 15 is 0 Å². The van der Waals surface area contributed by atoms with Gasteiger partial charge in [-0.05, 0) is 57.0 Å². The topological polar surface area (TPSA) is 84.3 Å². The summed E-state index contributed by atoms with van der Waals surface area (Å²) in [6.07, 6.45) is 0.787. The van der Waals surface area contributed by atoms with E-state index in [-0.39, 0.29) is 16.8 Å². The first-order chi connectivity index (χ1) is 16.1. The highest BCUT2D eigenvalue weighted by Crippen LogP contribution is 2.24. The minimum atomic E-state index is -3.56. The monoisotopic (exact) mass is 484 g/mol. The van der Waals surface area contributed by atoms with Crippen LogP contribution in [0.1, 0.15) is 62.7 Å². The van der Waals surface area contributed by atoms with Gasteiger partial charge in [-0.15, -0.1) is 0 Å². The maximum atomic E-state index is 12.9. The number of aromatic nitrogens is 2. The third-order valence-electron chi connectivity index (χ3n) is 6.31. The fourth-order valence-electron chi connectivity index (χ4n) is 4.42. The molecule has 0 aliphatic rings. The van der Waals surface area contributed by atoms with Crippen LogP contribution in [0.25, 0.3) is 11.0 Å². The van der Waals surface area contributed by atoms with E-state index in [1.807, 2.05) is 45.3 Å². The Kier molecular flexibility index (Phi) is 8.15. The second-order valence-electron chi connectivity index (χ2n) is 8.66. The number of hydrogen-bond donors (Lipinski definition) is 1. The molecule has 0 fully saturated rings. The molecule has 0 saturated heterocycles. The number of nitrogens with zero attached hydrogens (tertiary/aromatic N) is 3. The molecule has 0 saturated carbocycles. The zero-order valence-corrected chi connectivity index (χ0v) is 21.9. The number of hydrogen-bond acceptors (Lipinski definition) is 4. The minimum absolute atomic E-state index is 0.0343. The molecule has 3 rings (SSSR count). The van der Waals surface area contributed by atoms with Crippen molar-refractivity contribution in [3.63, 3.8) is 0 Å². The summed E-state index contributed by atoms with van der Waals surface area (Å²) in [6, 6.07) is 11.3. The quantitative estimate of drug-likeness (QED) is 0.459. The molecule has 2 aromatic carbocycles. The van der Waals surface area contributed by atoms with Crippen LogP contribution in [0, 0.1) is 13.8 Å². The maximum absolute atomic E-state index is 12.9. The van der Waals surface area contributed by atoms with Crippen LogP contribution in [-0.2, 0) is 27.8 Å². The number of sulfonamides is 1. The van der Waals surface area contributed by atoms with E-state index in [2.05, 4.69) is 30.4 Å². The van der Waals surface area contributed by atoms with Crippen molar-refractivity contribution in [3.05, 3.63) is 58.9 Å². The predicted molar refractivity (Wildman–Crippen MR) is 136 cm³/mol. The van der Waals surface area contributed by atoms with E-state index in [1.54, 1.807) is 12.1 Å². The first kappa shape index (κ1) is 25.9. The van der Waals surface area contributed by atoms with Gasteiger partial charge in [0.15, 0.2) is 0 Å². The summed E-state index contributed by atoms with van der Waals surface area (Å²) in [5.74, 6) is 0.748.